The Morgan fingerprint density at radius 1 is 1.31 bits per heavy atom. The molecule has 3 N–H and O–H groups in total. The summed E-state index contributed by atoms with van der Waals surface area (Å²) in [5, 5.41) is 9.50. The van der Waals surface area contributed by atoms with Crippen molar-refractivity contribution >= 4 is 33.6 Å². The maximum atomic E-state index is 15.3. The molecule has 0 spiro atoms. The van der Waals surface area contributed by atoms with Gasteiger partial charge in [0.2, 0.25) is 5.43 Å². The average Bonchev–Trinajstić information content (AvgIpc) is 3.44. The Hall–Kier alpha value is -3.07. The molecule has 1 saturated carbocycles. The number of aromatic nitrogens is 2. The Kier molecular flexibility index (Phi) is 3.55. The highest BCUT2D eigenvalue weighted by atomic mass is 19.1. The second-order valence-corrected chi connectivity index (χ2v) is 8.28. The van der Waals surface area contributed by atoms with Gasteiger partial charge in [-0.2, -0.15) is 0 Å². The van der Waals surface area contributed by atoms with Crippen LogP contribution in [0.15, 0.2) is 23.1 Å². The van der Waals surface area contributed by atoms with Crippen LogP contribution in [0, 0.1) is 11.6 Å². The molecule has 0 amide bonds. The summed E-state index contributed by atoms with van der Waals surface area (Å²) in [7, 11) is 0. The Morgan fingerprint density at radius 2 is 2.00 bits per heavy atom. The van der Waals surface area contributed by atoms with E-state index in [4.69, 9.17) is 5.73 Å². The molecule has 1 aliphatic carbocycles. The van der Waals surface area contributed by atoms with Crippen LogP contribution in [-0.4, -0.2) is 39.3 Å². The summed E-state index contributed by atoms with van der Waals surface area (Å²) in [6.45, 7) is 2.43. The Morgan fingerprint density at radius 3 is 2.59 bits per heavy atom. The maximum Gasteiger partial charge on any atom is 0.341 e. The van der Waals surface area contributed by atoms with E-state index in [1.807, 2.05) is 0 Å². The summed E-state index contributed by atoms with van der Waals surface area (Å²) in [5.74, 6) is -2.93. The fourth-order valence-electron chi connectivity index (χ4n) is 4.05. The number of aromatic carboxylic acids is 1. The Balaban J connectivity index is 1.79. The first kappa shape index (κ1) is 18.0. The molecule has 150 valence electrons. The molecule has 2 aromatic heterocycles. The SMILES string of the molecule is CC1(N)CN(c2c(F)cc3cc4c(=O)c(C(=O)O)cn(C5CC5)c4nc3c2F)C1. The van der Waals surface area contributed by atoms with E-state index in [0.717, 1.165) is 18.9 Å². The number of carboxylic acids is 1. The molecule has 5 rings (SSSR count). The lowest BCUT2D eigenvalue weighted by Gasteiger charge is -2.47. The highest BCUT2D eigenvalue weighted by Crippen LogP contribution is 2.38. The lowest BCUT2D eigenvalue weighted by molar-refractivity contribution is 0.0695. The molecule has 0 bridgehead atoms. The number of hydrogen-bond donors (Lipinski definition) is 2. The van der Waals surface area contributed by atoms with Gasteiger partial charge in [-0.3, -0.25) is 4.79 Å². The van der Waals surface area contributed by atoms with Gasteiger partial charge in [-0.1, -0.05) is 0 Å². The van der Waals surface area contributed by atoms with E-state index in [2.05, 4.69) is 4.98 Å². The number of nitrogens with zero attached hydrogens (tertiary/aromatic N) is 3. The second-order valence-electron chi connectivity index (χ2n) is 8.28. The number of halogens is 2. The predicted molar refractivity (Wildman–Crippen MR) is 103 cm³/mol. The van der Waals surface area contributed by atoms with Gasteiger partial charge >= 0.3 is 5.97 Å². The second kappa shape index (κ2) is 5.73. The van der Waals surface area contributed by atoms with Crippen molar-refractivity contribution in [3.8, 4) is 0 Å². The van der Waals surface area contributed by atoms with E-state index in [-0.39, 0.29) is 39.2 Å². The van der Waals surface area contributed by atoms with Crippen LogP contribution in [-0.2, 0) is 0 Å². The van der Waals surface area contributed by atoms with Crippen molar-refractivity contribution in [2.45, 2.75) is 31.3 Å². The third-order valence-corrected chi connectivity index (χ3v) is 5.55. The number of benzene rings is 1. The maximum absolute atomic E-state index is 15.3. The molecule has 2 fully saturated rings. The zero-order valence-electron chi connectivity index (χ0n) is 15.6. The van der Waals surface area contributed by atoms with Crippen molar-refractivity contribution in [1.82, 2.24) is 9.55 Å². The van der Waals surface area contributed by atoms with Gasteiger partial charge in [-0.15, -0.1) is 0 Å². The number of anilines is 1. The highest BCUT2D eigenvalue weighted by Gasteiger charge is 2.38. The first-order chi connectivity index (χ1) is 13.7. The Labute approximate surface area is 163 Å². The van der Waals surface area contributed by atoms with Crippen LogP contribution in [0.25, 0.3) is 21.9 Å². The van der Waals surface area contributed by atoms with Gasteiger partial charge in [0.1, 0.15) is 28.2 Å². The molecule has 0 atom stereocenters. The van der Waals surface area contributed by atoms with Gasteiger partial charge in [0.05, 0.1) is 5.39 Å². The summed E-state index contributed by atoms with van der Waals surface area (Å²) in [4.78, 5) is 30.0. The number of fused-ring (bicyclic) bond motifs is 2. The molecule has 7 nitrogen and oxygen atoms in total. The van der Waals surface area contributed by atoms with Crippen molar-refractivity contribution in [3.05, 3.63) is 45.8 Å². The van der Waals surface area contributed by atoms with Crippen LogP contribution < -0.4 is 16.1 Å². The van der Waals surface area contributed by atoms with Crippen LogP contribution in [0.2, 0.25) is 0 Å². The van der Waals surface area contributed by atoms with Crippen LogP contribution in [0.5, 0.6) is 0 Å². The fourth-order valence-corrected chi connectivity index (χ4v) is 4.05. The number of carboxylic acid groups (broad SMARTS) is 1. The molecular weight excluding hydrogens is 382 g/mol. The third kappa shape index (κ3) is 2.68. The quantitative estimate of drug-likeness (QED) is 0.655. The zero-order chi connectivity index (χ0) is 20.7. The predicted octanol–water partition coefficient (Wildman–Crippen LogP) is 2.40. The molecule has 29 heavy (non-hydrogen) atoms. The van der Waals surface area contributed by atoms with Gasteiger partial charge in [-0.25, -0.2) is 18.6 Å². The monoisotopic (exact) mass is 400 g/mol. The number of pyridine rings is 2. The van der Waals surface area contributed by atoms with Gasteiger partial charge in [0.15, 0.2) is 5.82 Å². The molecule has 1 saturated heterocycles. The van der Waals surface area contributed by atoms with Crippen molar-refractivity contribution in [3.63, 3.8) is 0 Å². The summed E-state index contributed by atoms with van der Waals surface area (Å²) in [6.07, 6.45) is 2.90. The normalized spacial score (nSPS) is 18.3. The molecule has 1 aliphatic heterocycles. The highest BCUT2D eigenvalue weighted by molar-refractivity contribution is 5.97. The third-order valence-electron chi connectivity index (χ3n) is 5.55. The lowest BCUT2D eigenvalue weighted by atomic mass is 9.92. The number of nitrogens with two attached hydrogens (primary N) is 1. The standard InChI is InChI=1S/C20H18F2N4O3/c1-20(23)7-25(8-20)16-13(21)5-9-4-11-17(27)12(19(28)29)6-26(10-2-3-10)18(11)24-15(9)14(16)22/h4-6,10H,2-3,7-8,23H2,1H3,(H,28,29). The van der Waals surface area contributed by atoms with Crippen molar-refractivity contribution in [2.75, 3.05) is 18.0 Å². The fraction of sp³-hybridized carbons (Fsp3) is 0.350. The molecule has 9 heteroatoms. The minimum atomic E-state index is -1.35. The molecule has 1 aromatic carbocycles. The van der Waals surface area contributed by atoms with Crippen molar-refractivity contribution in [2.24, 2.45) is 5.73 Å². The molecule has 3 aromatic rings. The topological polar surface area (TPSA) is 101 Å². The van der Waals surface area contributed by atoms with Crippen LogP contribution in [0.4, 0.5) is 14.5 Å². The smallest absolute Gasteiger partial charge is 0.341 e. The summed E-state index contributed by atoms with van der Waals surface area (Å²) in [5.41, 5.74) is 4.32. The number of hydrogen-bond acceptors (Lipinski definition) is 5. The van der Waals surface area contributed by atoms with Gasteiger partial charge in [0, 0.05) is 36.3 Å². The molecule has 2 aliphatic rings. The first-order valence-electron chi connectivity index (χ1n) is 9.31. The molecule has 3 heterocycles. The van der Waals surface area contributed by atoms with Crippen LogP contribution >= 0.6 is 0 Å². The minimum absolute atomic E-state index is 0.0115. The van der Waals surface area contributed by atoms with Gasteiger partial charge in [-0.05, 0) is 31.9 Å². The van der Waals surface area contributed by atoms with Gasteiger partial charge in [0.25, 0.3) is 0 Å². The van der Waals surface area contributed by atoms with Gasteiger partial charge < -0.3 is 20.3 Å². The van der Waals surface area contributed by atoms with E-state index in [9.17, 15) is 19.1 Å². The lowest BCUT2D eigenvalue weighted by Crippen LogP contribution is -2.66. The zero-order valence-corrected chi connectivity index (χ0v) is 15.6. The van der Waals surface area contributed by atoms with E-state index in [1.165, 1.54) is 17.2 Å². The van der Waals surface area contributed by atoms with E-state index in [0.29, 0.717) is 13.1 Å². The minimum Gasteiger partial charge on any atom is -0.477 e. The van der Waals surface area contributed by atoms with Crippen molar-refractivity contribution < 1.29 is 18.7 Å². The average molecular weight is 400 g/mol. The van der Waals surface area contributed by atoms with Crippen molar-refractivity contribution in [1.29, 1.82) is 0 Å². The summed E-state index contributed by atoms with van der Waals surface area (Å²) >= 11 is 0. The largest absolute Gasteiger partial charge is 0.477 e. The van der Waals surface area contributed by atoms with E-state index >= 15 is 4.39 Å². The van der Waals surface area contributed by atoms with Crippen LogP contribution in [0.3, 0.4) is 0 Å². The van der Waals surface area contributed by atoms with E-state index in [1.54, 1.807) is 11.5 Å². The summed E-state index contributed by atoms with van der Waals surface area (Å²) in [6, 6.07) is 2.46. The summed E-state index contributed by atoms with van der Waals surface area (Å²) < 4.78 is 31.6. The number of rotatable bonds is 3. The number of carbonyl (C=O) groups is 1. The Bertz CT molecular complexity index is 1270. The van der Waals surface area contributed by atoms with E-state index < -0.39 is 28.6 Å². The molecule has 0 radical (unpaired) electrons. The molecule has 0 unspecified atom stereocenters. The van der Waals surface area contributed by atoms with Crippen LogP contribution in [0.1, 0.15) is 36.2 Å². The molecular formula is C20H18F2N4O3. The first-order valence-corrected chi connectivity index (χ1v) is 9.31.